The van der Waals surface area contributed by atoms with Gasteiger partial charge < -0.3 is 10.6 Å². The largest absolute Gasteiger partial charge is 0.368 e. The summed E-state index contributed by atoms with van der Waals surface area (Å²) >= 11 is 0. The zero-order valence-corrected chi connectivity index (χ0v) is 23.6. The molecule has 2 heterocycles. The van der Waals surface area contributed by atoms with Crippen LogP contribution in [0.25, 0.3) is 32.7 Å². The molecule has 0 unspecified atom stereocenters. The third-order valence-electron chi connectivity index (χ3n) is 6.22. The third-order valence-corrected chi connectivity index (χ3v) is 7.51. The van der Waals surface area contributed by atoms with E-state index in [1.54, 1.807) is 12.1 Å². The van der Waals surface area contributed by atoms with Crippen molar-refractivity contribution in [2.75, 3.05) is 27.7 Å². The number of nitrogens with zero attached hydrogens (tertiary/aromatic N) is 3. The monoisotopic (exact) mass is 592 g/mol. The Bertz CT molecular complexity index is 1830. The summed E-state index contributed by atoms with van der Waals surface area (Å²) in [4.78, 5) is 13.2. The highest BCUT2D eigenvalue weighted by molar-refractivity contribution is 7.92. The number of nitrogens with one attached hydrogen (secondary N) is 3. The first-order valence-electron chi connectivity index (χ1n) is 12.1. The molecule has 204 valence electrons. The molecule has 0 radical (unpaired) electrons. The number of sulfonamides is 1. The van der Waals surface area contributed by atoms with Gasteiger partial charge in [-0.3, -0.25) is 4.72 Å². The molecule has 0 spiro atoms. The normalized spacial score (nSPS) is 11.0. The van der Waals surface area contributed by atoms with Gasteiger partial charge in [0.05, 0.1) is 28.0 Å². The molecule has 6 aromatic rings. The molecule has 0 aliphatic rings. The first kappa shape index (κ1) is 28.8. The Morgan fingerprint density at radius 1 is 0.625 bits per heavy atom. The Kier molecular flexibility index (Phi) is 8.89. The summed E-state index contributed by atoms with van der Waals surface area (Å²) in [5, 5.41) is 9.49. The molecule has 8 nitrogen and oxygen atoms in total. The summed E-state index contributed by atoms with van der Waals surface area (Å²) in [5.41, 5.74) is 4.90. The Balaban J connectivity index is 0.00000185. The molecule has 0 aliphatic carbocycles. The number of hydrogen-bond donors (Lipinski definition) is 3. The van der Waals surface area contributed by atoms with Crippen LogP contribution in [0.4, 0.5) is 22.9 Å². The van der Waals surface area contributed by atoms with Crippen LogP contribution >= 0.6 is 24.8 Å². The van der Waals surface area contributed by atoms with Crippen LogP contribution in [-0.2, 0) is 10.0 Å². The molecular weight excluding hydrogens is 567 g/mol. The number of rotatable bonds is 8. The predicted octanol–water partition coefficient (Wildman–Crippen LogP) is 6.77. The van der Waals surface area contributed by atoms with E-state index in [2.05, 4.69) is 25.3 Å². The summed E-state index contributed by atoms with van der Waals surface area (Å²) in [6, 6.07) is 30.8. The van der Waals surface area contributed by atoms with Crippen molar-refractivity contribution in [2.24, 2.45) is 0 Å². The van der Waals surface area contributed by atoms with Crippen molar-refractivity contribution < 1.29 is 8.42 Å². The number of pyridine rings is 1. The average molecular weight is 594 g/mol. The zero-order valence-electron chi connectivity index (χ0n) is 21.1. The topological polar surface area (TPSA) is 109 Å². The standard InChI is InChI=1S/C29H24N6O2S.2ClH/c36-38(37,18-17-30-29-24-9-3-4-10-25(24)31-19-32-29)35-21-15-13-20(14-16-21)33-28-22-7-1-5-11-26(22)34-27-12-6-2-8-23(27)28;;/h1-16,19,35H,17-18H2,(H,33,34)(H,30,31,32);2*1H. The molecule has 11 heteroatoms. The zero-order chi connectivity index (χ0) is 26.0. The molecule has 0 saturated carbocycles. The highest BCUT2D eigenvalue weighted by Crippen LogP contribution is 2.33. The van der Waals surface area contributed by atoms with Crippen molar-refractivity contribution in [2.45, 2.75) is 0 Å². The van der Waals surface area contributed by atoms with Gasteiger partial charge in [0.1, 0.15) is 12.1 Å². The number of anilines is 4. The van der Waals surface area contributed by atoms with Crippen LogP contribution in [0.1, 0.15) is 0 Å². The van der Waals surface area contributed by atoms with Gasteiger partial charge in [-0.05, 0) is 48.5 Å². The number of para-hydroxylation sites is 3. The minimum atomic E-state index is -3.57. The van der Waals surface area contributed by atoms with Gasteiger partial charge in [0, 0.05) is 34.1 Å². The van der Waals surface area contributed by atoms with Crippen LogP contribution in [-0.4, -0.2) is 35.7 Å². The summed E-state index contributed by atoms with van der Waals surface area (Å²) in [7, 11) is -3.57. The fourth-order valence-electron chi connectivity index (χ4n) is 4.42. The van der Waals surface area contributed by atoms with E-state index in [0.717, 1.165) is 44.1 Å². The lowest BCUT2D eigenvalue weighted by Gasteiger charge is -2.14. The maximum absolute atomic E-state index is 12.7. The average Bonchev–Trinajstić information content (AvgIpc) is 2.94. The van der Waals surface area contributed by atoms with Gasteiger partial charge in [-0.25, -0.2) is 23.4 Å². The Hall–Kier alpha value is -4.18. The SMILES string of the molecule is Cl.Cl.O=S(=O)(CCNc1ncnc2ccccc12)Nc1ccc(Nc2c3ccccc3nc3ccccc23)cc1. The maximum Gasteiger partial charge on any atom is 0.234 e. The molecule has 6 rings (SSSR count). The second-order valence-electron chi connectivity index (χ2n) is 8.81. The number of hydrogen-bond acceptors (Lipinski definition) is 7. The molecule has 3 N–H and O–H groups in total. The van der Waals surface area contributed by atoms with Crippen LogP contribution in [0.3, 0.4) is 0 Å². The first-order valence-corrected chi connectivity index (χ1v) is 13.8. The quantitative estimate of drug-likeness (QED) is 0.167. The predicted molar refractivity (Wildman–Crippen MR) is 169 cm³/mol. The number of benzene rings is 4. The molecule has 0 saturated heterocycles. The molecule has 4 aromatic carbocycles. The van der Waals surface area contributed by atoms with Crippen LogP contribution in [0.15, 0.2) is 103 Å². The van der Waals surface area contributed by atoms with Crippen LogP contribution in [0.2, 0.25) is 0 Å². The van der Waals surface area contributed by atoms with E-state index in [4.69, 9.17) is 4.98 Å². The van der Waals surface area contributed by atoms with Gasteiger partial charge in [-0.1, -0.05) is 48.5 Å². The minimum Gasteiger partial charge on any atom is -0.368 e. The number of halogens is 2. The van der Waals surface area contributed by atoms with Crippen molar-refractivity contribution >= 4 is 90.4 Å². The van der Waals surface area contributed by atoms with Gasteiger partial charge >= 0.3 is 0 Å². The summed E-state index contributed by atoms with van der Waals surface area (Å²) < 4.78 is 28.1. The van der Waals surface area contributed by atoms with E-state index in [9.17, 15) is 8.42 Å². The Labute approximate surface area is 244 Å². The lowest BCUT2D eigenvalue weighted by atomic mass is 10.1. The fraction of sp³-hybridized carbons (Fsp3) is 0.0690. The Morgan fingerprint density at radius 2 is 1.18 bits per heavy atom. The molecule has 0 fully saturated rings. The van der Waals surface area contributed by atoms with E-state index in [1.165, 1.54) is 6.33 Å². The lowest BCUT2D eigenvalue weighted by Crippen LogP contribution is -2.22. The molecular formula is C29H26Cl2N6O2S. The molecule has 0 amide bonds. The van der Waals surface area contributed by atoms with Crippen molar-refractivity contribution in [3.8, 4) is 0 Å². The first-order chi connectivity index (χ1) is 18.6. The highest BCUT2D eigenvalue weighted by atomic mass is 35.5. The van der Waals surface area contributed by atoms with Gasteiger partial charge in [-0.2, -0.15) is 0 Å². The van der Waals surface area contributed by atoms with E-state index in [1.807, 2.05) is 84.9 Å². The van der Waals surface area contributed by atoms with Crippen molar-refractivity contribution in [1.29, 1.82) is 0 Å². The molecule has 2 aromatic heterocycles. The van der Waals surface area contributed by atoms with Gasteiger partial charge in [0.25, 0.3) is 0 Å². The maximum atomic E-state index is 12.7. The summed E-state index contributed by atoms with van der Waals surface area (Å²) in [6.45, 7) is 0.207. The van der Waals surface area contributed by atoms with Crippen LogP contribution < -0.4 is 15.4 Å². The number of fused-ring (bicyclic) bond motifs is 3. The van der Waals surface area contributed by atoms with Gasteiger partial charge in [-0.15, -0.1) is 24.8 Å². The van der Waals surface area contributed by atoms with Crippen molar-refractivity contribution in [1.82, 2.24) is 15.0 Å². The smallest absolute Gasteiger partial charge is 0.234 e. The van der Waals surface area contributed by atoms with Crippen molar-refractivity contribution in [3.63, 3.8) is 0 Å². The van der Waals surface area contributed by atoms with Crippen LogP contribution in [0, 0.1) is 0 Å². The summed E-state index contributed by atoms with van der Waals surface area (Å²) in [5.74, 6) is 0.498. The van der Waals surface area contributed by atoms with Crippen LogP contribution in [0.5, 0.6) is 0 Å². The Morgan fingerprint density at radius 3 is 1.82 bits per heavy atom. The molecule has 40 heavy (non-hydrogen) atoms. The van der Waals surface area contributed by atoms with E-state index >= 15 is 0 Å². The van der Waals surface area contributed by atoms with E-state index in [-0.39, 0.29) is 37.1 Å². The van der Waals surface area contributed by atoms with E-state index in [0.29, 0.717) is 11.5 Å². The number of aromatic nitrogens is 3. The second-order valence-corrected chi connectivity index (χ2v) is 10.7. The molecule has 0 bridgehead atoms. The molecule has 0 aliphatic heterocycles. The minimum absolute atomic E-state index is 0. The van der Waals surface area contributed by atoms with Gasteiger partial charge in [0.2, 0.25) is 10.0 Å². The fourth-order valence-corrected chi connectivity index (χ4v) is 5.39. The third kappa shape index (κ3) is 6.17. The lowest BCUT2D eigenvalue weighted by molar-refractivity contribution is 0.601. The van der Waals surface area contributed by atoms with E-state index < -0.39 is 10.0 Å². The van der Waals surface area contributed by atoms with Gasteiger partial charge in [0.15, 0.2) is 0 Å². The second kappa shape index (κ2) is 12.3. The molecule has 0 atom stereocenters. The highest BCUT2D eigenvalue weighted by Gasteiger charge is 2.12. The van der Waals surface area contributed by atoms with Crippen molar-refractivity contribution in [3.05, 3.63) is 103 Å². The summed E-state index contributed by atoms with van der Waals surface area (Å²) in [6.07, 6.45) is 1.46.